The van der Waals surface area contributed by atoms with Crippen LogP contribution in [0.4, 0.5) is 10.7 Å². The number of phenols is 1. The van der Waals surface area contributed by atoms with Crippen molar-refractivity contribution in [3.05, 3.63) is 82.3 Å². The molecule has 1 aliphatic carbocycles. The van der Waals surface area contributed by atoms with Crippen molar-refractivity contribution in [2.45, 2.75) is 51.9 Å². The van der Waals surface area contributed by atoms with Gasteiger partial charge in [-0.25, -0.2) is 4.99 Å². The number of aliphatic imine (C=N–C) groups is 1. The zero-order valence-electron chi connectivity index (χ0n) is 20.2. The van der Waals surface area contributed by atoms with Gasteiger partial charge in [-0.15, -0.1) is 17.9 Å². The van der Waals surface area contributed by atoms with Gasteiger partial charge >= 0.3 is 0 Å². The lowest BCUT2D eigenvalue weighted by molar-refractivity contribution is 0.102. The molecule has 0 radical (unpaired) electrons. The van der Waals surface area contributed by atoms with E-state index in [1.165, 1.54) is 17.7 Å². The maximum atomic E-state index is 13.5. The van der Waals surface area contributed by atoms with Gasteiger partial charge in [-0.1, -0.05) is 37.1 Å². The van der Waals surface area contributed by atoms with Crippen LogP contribution in [0.25, 0.3) is 0 Å². The van der Waals surface area contributed by atoms with Crippen molar-refractivity contribution in [3.8, 4) is 11.5 Å². The molecule has 0 atom stereocenters. The number of nitrogens with zero attached hydrogens (tertiary/aromatic N) is 1. The molecule has 4 rings (SSSR count). The Kier molecular flexibility index (Phi) is 8.37. The van der Waals surface area contributed by atoms with E-state index in [1.54, 1.807) is 29.7 Å². The standard InChI is InChI=1S/C29H32N2O3S/c1-3-12-21-17-20(18-24(27(21)32)34-4-2)19-30-29-26(28(33)31-22-13-8-7-9-14-22)23-15-10-5-6-11-16-25(23)35-29/h3,7-9,13-14,17-19,32H,1,4-6,10-12,15-16H2,2H3,(H,31,33). The molecular formula is C29H32N2O3S. The van der Waals surface area contributed by atoms with Crippen molar-refractivity contribution in [2.75, 3.05) is 11.9 Å². The predicted octanol–water partition coefficient (Wildman–Crippen LogP) is 7.24. The van der Waals surface area contributed by atoms with E-state index in [9.17, 15) is 9.90 Å². The summed E-state index contributed by atoms with van der Waals surface area (Å²) in [6, 6.07) is 13.2. The van der Waals surface area contributed by atoms with Crippen molar-refractivity contribution >= 4 is 34.1 Å². The zero-order chi connectivity index (χ0) is 24.6. The Morgan fingerprint density at radius 2 is 1.94 bits per heavy atom. The second-order valence-electron chi connectivity index (χ2n) is 8.63. The summed E-state index contributed by atoms with van der Waals surface area (Å²) in [5.41, 5.74) is 4.13. The first-order valence-corrected chi connectivity index (χ1v) is 13.1. The number of carbonyl (C=O) groups excluding carboxylic acids is 1. The van der Waals surface area contributed by atoms with E-state index in [0.717, 1.165) is 53.1 Å². The fourth-order valence-corrected chi connectivity index (χ4v) is 5.65. The molecule has 0 bridgehead atoms. The maximum Gasteiger partial charge on any atom is 0.259 e. The first kappa shape index (κ1) is 24.7. The molecule has 1 amide bonds. The average molecular weight is 489 g/mol. The summed E-state index contributed by atoms with van der Waals surface area (Å²) in [7, 11) is 0. The van der Waals surface area contributed by atoms with E-state index in [-0.39, 0.29) is 11.7 Å². The summed E-state index contributed by atoms with van der Waals surface area (Å²) in [4.78, 5) is 19.5. The molecule has 182 valence electrons. The van der Waals surface area contributed by atoms with Crippen molar-refractivity contribution in [2.24, 2.45) is 4.99 Å². The Hall–Kier alpha value is -3.38. The smallest absolute Gasteiger partial charge is 0.259 e. The number of aryl methyl sites for hydroxylation is 1. The SMILES string of the molecule is C=CCc1cc(C=Nc2sc3c(c2C(=O)Nc2ccccc2)CCCCCC3)cc(OCC)c1O. The Labute approximate surface area is 211 Å². The van der Waals surface area contributed by atoms with Gasteiger partial charge in [0.25, 0.3) is 5.91 Å². The fraction of sp³-hybridized carbons (Fsp3) is 0.310. The number of fused-ring (bicyclic) bond motifs is 1. The zero-order valence-corrected chi connectivity index (χ0v) is 21.0. The number of hydrogen-bond donors (Lipinski definition) is 2. The Morgan fingerprint density at radius 1 is 1.17 bits per heavy atom. The quantitative estimate of drug-likeness (QED) is 0.259. The molecule has 0 saturated heterocycles. The minimum Gasteiger partial charge on any atom is -0.504 e. The highest BCUT2D eigenvalue weighted by molar-refractivity contribution is 7.16. The largest absolute Gasteiger partial charge is 0.504 e. The van der Waals surface area contributed by atoms with Gasteiger partial charge in [-0.2, -0.15) is 0 Å². The normalized spacial score (nSPS) is 13.6. The molecule has 5 nitrogen and oxygen atoms in total. The number of allylic oxidation sites excluding steroid dienone is 1. The van der Waals surface area contributed by atoms with Crippen molar-refractivity contribution in [3.63, 3.8) is 0 Å². The van der Waals surface area contributed by atoms with Gasteiger partial charge in [0.05, 0.1) is 12.2 Å². The Morgan fingerprint density at radius 3 is 2.69 bits per heavy atom. The number of anilines is 1. The van der Waals surface area contributed by atoms with Crippen LogP contribution in [0.1, 0.15) is 64.5 Å². The molecule has 0 spiro atoms. The van der Waals surface area contributed by atoms with Crippen molar-refractivity contribution in [1.82, 2.24) is 0 Å². The van der Waals surface area contributed by atoms with Gasteiger partial charge in [0.15, 0.2) is 11.5 Å². The summed E-state index contributed by atoms with van der Waals surface area (Å²) in [6.45, 7) is 6.11. The number of rotatable bonds is 8. The summed E-state index contributed by atoms with van der Waals surface area (Å²) in [5, 5.41) is 14.3. The second kappa shape index (κ2) is 11.8. The number of thiophene rings is 1. The lowest BCUT2D eigenvalue weighted by atomic mass is 9.96. The number of hydrogen-bond acceptors (Lipinski definition) is 5. The van der Waals surface area contributed by atoms with Crippen LogP contribution in [-0.2, 0) is 19.3 Å². The first-order valence-electron chi connectivity index (χ1n) is 12.2. The third kappa shape index (κ3) is 6.01. The van der Waals surface area contributed by atoms with E-state index >= 15 is 0 Å². The minimum atomic E-state index is -0.116. The number of benzene rings is 2. The van der Waals surface area contributed by atoms with Gasteiger partial charge in [0.2, 0.25) is 0 Å². The highest BCUT2D eigenvalue weighted by atomic mass is 32.1. The molecule has 0 fully saturated rings. The lowest BCUT2D eigenvalue weighted by Gasteiger charge is -2.12. The van der Waals surface area contributed by atoms with Crippen molar-refractivity contribution in [1.29, 1.82) is 0 Å². The summed E-state index contributed by atoms with van der Waals surface area (Å²) < 4.78 is 5.63. The van der Waals surface area contributed by atoms with Gasteiger partial charge in [0, 0.05) is 22.3 Å². The van der Waals surface area contributed by atoms with Crippen LogP contribution in [-0.4, -0.2) is 23.8 Å². The number of carbonyl (C=O) groups is 1. The summed E-state index contributed by atoms with van der Waals surface area (Å²) in [6.07, 6.45) is 10.5. The van der Waals surface area contributed by atoms with E-state index in [4.69, 9.17) is 9.73 Å². The summed E-state index contributed by atoms with van der Waals surface area (Å²) in [5.74, 6) is 0.439. The minimum absolute atomic E-state index is 0.116. The molecule has 0 unspecified atom stereocenters. The van der Waals surface area contributed by atoms with Crippen LogP contribution in [0.2, 0.25) is 0 Å². The molecule has 1 aromatic heterocycles. The first-order chi connectivity index (χ1) is 17.1. The van der Waals surface area contributed by atoms with Crippen LogP contribution < -0.4 is 10.1 Å². The van der Waals surface area contributed by atoms with Crippen LogP contribution in [0.3, 0.4) is 0 Å². The van der Waals surface area contributed by atoms with Gasteiger partial charge < -0.3 is 15.2 Å². The second-order valence-corrected chi connectivity index (χ2v) is 9.71. The lowest BCUT2D eigenvalue weighted by Crippen LogP contribution is -2.14. The Bertz CT molecular complexity index is 1210. The summed E-state index contributed by atoms with van der Waals surface area (Å²) >= 11 is 1.62. The topological polar surface area (TPSA) is 70.9 Å². The van der Waals surface area contributed by atoms with E-state index in [2.05, 4.69) is 11.9 Å². The van der Waals surface area contributed by atoms with Gasteiger partial charge in [-0.3, -0.25) is 4.79 Å². The average Bonchev–Trinajstić information content (AvgIpc) is 3.17. The molecule has 35 heavy (non-hydrogen) atoms. The third-order valence-corrected chi connectivity index (χ3v) is 7.28. The highest BCUT2D eigenvalue weighted by Crippen LogP contribution is 2.39. The molecule has 0 aliphatic heterocycles. The third-order valence-electron chi connectivity index (χ3n) is 6.08. The molecular weight excluding hydrogens is 456 g/mol. The highest BCUT2D eigenvalue weighted by Gasteiger charge is 2.24. The number of aromatic hydroxyl groups is 1. The number of para-hydroxylation sites is 1. The molecule has 2 aromatic carbocycles. The molecule has 6 heteroatoms. The van der Waals surface area contributed by atoms with Gasteiger partial charge in [-0.05, 0) is 74.4 Å². The van der Waals surface area contributed by atoms with E-state index in [1.807, 2.05) is 43.3 Å². The monoisotopic (exact) mass is 488 g/mol. The maximum absolute atomic E-state index is 13.5. The van der Waals surface area contributed by atoms with Crippen LogP contribution in [0, 0.1) is 0 Å². The fourth-order valence-electron chi connectivity index (χ4n) is 4.42. The van der Waals surface area contributed by atoms with Crippen LogP contribution >= 0.6 is 11.3 Å². The van der Waals surface area contributed by atoms with Crippen molar-refractivity contribution < 1.29 is 14.6 Å². The number of phenolic OH excluding ortho intramolecular Hbond substituents is 1. The van der Waals surface area contributed by atoms with E-state index in [0.29, 0.717) is 24.3 Å². The van der Waals surface area contributed by atoms with Gasteiger partial charge in [0.1, 0.15) is 5.00 Å². The number of nitrogens with one attached hydrogen (secondary N) is 1. The van der Waals surface area contributed by atoms with E-state index < -0.39 is 0 Å². The predicted molar refractivity (Wildman–Crippen MR) is 145 cm³/mol. The van der Waals surface area contributed by atoms with Crippen LogP contribution in [0.15, 0.2) is 60.1 Å². The number of amides is 1. The molecule has 3 aromatic rings. The Balaban J connectivity index is 1.73. The molecule has 1 heterocycles. The number of ether oxygens (including phenoxy) is 1. The molecule has 1 aliphatic rings. The molecule has 0 saturated carbocycles. The molecule has 2 N–H and O–H groups in total. The van der Waals surface area contributed by atoms with Crippen LogP contribution in [0.5, 0.6) is 11.5 Å².